The molecule has 116 valence electrons. The van der Waals surface area contributed by atoms with E-state index in [1.54, 1.807) is 12.1 Å². The molecule has 0 aromatic heterocycles. The van der Waals surface area contributed by atoms with E-state index in [-0.39, 0.29) is 17.1 Å². The van der Waals surface area contributed by atoms with Gasteiger partial charge in [0.05, 0.1) is 0 Å². The summed E-state index contributed by atoms with van der Waals surface area (Å²) in [5.41, 5.74) is 1.65. The molecule has 2 aromatic carbocycles. The Balaban J connectivity index is 2.33. The Morgan fingerprint density at radius 2 is 1.54 bits per heavy atom. The summed E-state index contributed by atoms with van der Waals surface area (Å²) in [7, 11) is -2.60. The molecule has 0 N–H and O–H groups in total. The first-order valence-electron chi connectivity index (χ1n) is 7.27. The van der Waals surface area contributed by atoms with Gasteiger partial charge in [0.2, 0.25) is 0 Å². The molecular formula is C20H15N2OS+. The van der Waals surface area contributed by atoms with Crippen molar-refractivity contribution in [1.29, 1.82) is 10.5 Å². The lowest BCUT2D eigenvalue weighted by Crippen LogP contribution is -2.15. The van der Waals surface area contributed by atoms with Crippen LogP contribution in [0.15, 0.2) is 72.3 Å². The summed E-state index contributed by atoms with van der Waals surface area (Å²) in [6.45, 7) is 0. The Labute approximate surface area is 143 Å². The lowest BCUT2D eigenvalue weighted by molar-refractivity contribution is 0.591. The fourth-order valence-electron chi connectivity index (χ4n) is 1.99. The first kappa shape index (κ1) is 17.2. The Kier molecular flexibility index (Phi) is 6.09. The third-order valence-electron chi connectivity index (χ3n) is 3.20. The molecule has 2 rings (SSSR count). The summed E-state index contributed by atoms with van der Waals surface area (Å²) in [6.07, 6.45) is 1.41. The standard InChI is InChI=1S/C20H15N2OS/c21-15-20(16-22)12-14-24(23,17-19-9-5-2-6-10-19)13-11-18-7-3-1-4-8-18/h1-10,12H,14,17H2/q+1. The Morgan fingerprint density at radius 1 is 0.958 bits per heavy atom. The highest BCUT2D eigenvalue weighted by Crippen LogP contribution is 2.15. The average Bonchev–Trinajstić information content (AvgIpc) is 2.63. The van der Waals surface area contributed by atoms with Gasteiger partial charge in [-0.05, 0) is 24.1 Å². The van der Waals surface area contributed by atoms with Crippen LogP contribution >= 0.6 is 0 Å². The predicted octanol–water partition coefficient (Wildman–Crippen LogP) is 3.67. The molecule has 0 saturated carbocycles. The van der Waals surface area contributed by atoms with E-state index in [9.17, 15) is 4.21 Å². The van der Waals surface area contributed by atoms with E-state index >= 15 is 0 Å². The number of hydrogen-bond acceptors (Lipinski definition) is 3. The van der Waals surface area contributed by atoms with Gasteiger partial charge in [-0.2, -0.15) is 10.5 Å². The van der Waals surface area contributed by atoms with Crippen molar-refractivity contribution in [3.8, 4) is 23.3 Å². The van der Waals surface area contributed by atoms with E-state index in [0.717, 1.165) is 11.1 Å². The Hall–Kier alpha value is -3.13. The third kappa shape index (κ3) is 5.25. The quantitative estimate of drug-likeness (QED) is 0.488. The number of hydrogen-bond donors (Lipinski definition) is 0. The van der Waals surface area contributed by atoms with Crippen LogP contribution in [-0.2, 0) is 19.9 Å². The molecule has 0 aliphatic carbocycles. The van der Waals surface area contributed by atoms with Crippen LogP contribution in [-0.4, -0.2) is 5.75 Å². The van der Waals surface area contributed by atoms with E-state index in [1.165, 1.54) is 6.08 Å². The van der Waals surface area contributed by atoms with Gasteiger partial charge in [0.25, 0.3) is 0 Å². The summed E-state index contributed by atoms with van der Waals surface area (Å²) < 4.78 is 13.2. The van der Waals surface area contributed by atoms with Crippen LogP contribution < -0.4 is 0 Å². The number of nitriles is 2. The largest absolute Gasteiger partial charge is 0.192 e. The van der Waals surface area contributed by atoms with E-state index in [2.05, 4.69) is 11.2 Å². The van der Waals surface area contributed by atoms with Crippen LogP contribution in [0.3, 0.4) is 0 Å². The third-order valence-corrected chi connectivity index (χ3v) is 5.17. The molecule has 2 aromatic rings. The fraction of sp³-hybridized carbons (Fsp3) is 0.100. The minimum absolute atomic E-state index is 0.0442. The van der Waals surface area contributed by atoms with E-state index in [1.807, 2.05) is 60.7 Å². The zero-order valence-corrected chi connectivity index (χ0v) is 13.8. The van der Waals surface area contributed by atoms with Gasteiger partial charge in [-0.1, -0.05) is 52.7 Å². The maximum Gasteiger partial charge on any atom is 0.168 e. The SMILES string of the molecule is N#CC(C#N)=CC[S+](=O)(C#Cc1ccccc1)Cc1ccccc1. The molecule has 0 aliphatic heterocycles. The molecule has 0 bridgehead atoms. The molecule has 1 unspecified atom stereocenters. The molecule has 1 atom stereocenters. The van der Waals surface area contributed by atoms with Crippen molar-refractivity contribution in [2.45, 2.75) is 5.75 Å². The van der Waals surface area contributed by atoms with Crippen molar-refractivity contribution in [2.75, 3.05) is 5.75 Å². The van der Waals surface area contributed by atoms with Gasteiger partial charge in [-0.3, -0.25) is 0 Å². The lowest BCUT2D eigenvalue weighted by atomic mass is 10.2. The van der Waals surface area contributed by atoms with Crippen molar-refractivity contribution >= 4 is 9.93 Å². The van der Waals surface area contributed by atoms with Crippen LogP contribution in [0.25, 0.3) is 0 Å². The van der Waals surface area contributed by atoms with Gasteiger partial charge in [-0.25, -0.2) is 0 Å². The molecule has 4 heteroatoms. The van der Waals surface area contributed by atoms with Crippen LogP contribution in [0.1, 0.15) is 11.1 Å². The normalized spacial score (nSPS) is 11.8. The van der Waals surface area contributed by atoms with Gasteiger partial charge in [0.15, 0.2) is 20.9 Å². The molecule has 3 nitrogen and oxygen atoms in total. The first-order valence-corrected chi connectivity index (χ1v) is 9.16. The van der Waals surface area contributed by atoms with E-state index in [4.69, 9.17) is 10.5 Å². The molecule has 0 spiro atoms. The summed E-state index contributed by atoms with van der Waals surface area (Å²) in [5, 5.41) is 20.6. The number of benzene rings is 2. The zero-order valence-electron chi connectivity index (χ0n) is 13.0. The topological polar surface area (TPSA) is 64.7 Å². The Bertz CT molecular complexity index is 891. The second kappa shape index (κ2) is 8.49. The molecule has 24 heavy (non-hydrogen) atoms. The molecule has 0 radical (unpaired) electrons. The van der Waals surface area contributed by atoms with E-state index < -0.39 is 9.93 Å². The maximum absolute atomic E-state index is 13.2. The summed E-state index contributed by atoms with van der Waals surface area (Å²) in [6, 6.07) is 22.3. The second-order valence-electron chi connectivity index (χ2n) is 5.04. The van der Waals surface area contributed by atoms with Gasteiger partial charge < -0.3 is 0 Å². The van der Waals surface area contributed by atoms with Gasteiger partial charge in [0, 0.05) is 11.1 Å². The van der Waals surface area contributed by atoms with Crippen LogP contribution in [0.4, 0.5) is 0 Å². The number of allylic oxidation sites excluding steroid dienone is 1. The first-order chi connectivity index (χ1) is 11.6. The maximum atomic E-state index is 13.2. The summed E-state index contributed by atoms with van der Waals surface area (Å²) in [4.78, 5) is 0. The van der Waals surface area contributed by atoms with Crippen LogP contribution in [0.2, 0.25) is 0 Å². The zero-order chi connectivity index (χ0) is 17.3. The van der Waals surface area contributed by atoms with Gasteiger partial charge in [-0.15, -0.1) is 0 Å². The van der Waals surface area contributed by atoms with Crippen LogP contribution in [0.5, 0.6) is 0 Å². The number of nitrogens with zero attached hydrogens (tertiary/aromatic N) is 2. The van der Waals surface area contributed by atoms with Crippen molar-refractivity contribution < 1.29 is 4.21 Å². The highest BCUT2D eigenvalue weighted by Gasteiger charge is 2.26. The minimum atomic E-state index is -2.60. The van der Waals surface area contributed by atoms with Crippen molar-refractivity contribution in [3.63, 3.8) is 0 Å². The van der Waals surface area contributed by atoms with Gasteiger partial charge >= 0.3 is 0 Å². The van der Waals surface area contributed by atoms with Crippen molar-refractivity contribution in [1.82, 2.24) is 0 Å². The van der Waals surface area contributed by atoms with Crippen LogP contribution in [0, 0.1) is 33.8 Å². The van der Waals surface area contributed by atoms with Crippen molar-refractivity contribution in [2.24, 2.45) is 0 Å². The van der Waals surface area contributed by atoms with Crippen molar-refractivity contribution in [3.05, 3.63) is 83.4 Å². The molecule has 0 saturated heterocycles. The summed E-state index contributed by atoms with van der Waals surface area (Å²) >= 11 is 0. The lowest BCUT2D eigenvalue weighted by Gasteiger charge is -2.03. The number of rotatable bonds is 4. The molecule has 0 aliphatic rings. The summed E-state index contributed by atoms with van der Waals surface area (Å²) in [5.74, 6) is 3.31. The molecule has 0 heterocycles. The fourth-order valence-corrected chi connectivity index (χ4v) is 3.73. The van der Waals surface area contributed by atoms with E-state index in [0.29, 0.717) is 0 Å². The smallest absolute Gasteiger partial charge is 0.168 e. The van der Waals surface area contributed by atoms with Gasteiger partial charge in [0.1, 0.15) is 23.5 Å². The average molecular weight is 331 g/mol. The Morgan fingerprint density at radius 3 is 2.12 bits per heavy atom. The molecular weight excluding hydrogens is 316 g/mol. The minimum Gasteiger partial charge on any atom is -0.192 e. The molecule has 0 amide bonds. The second-order valence-corrected chi connectivity index (χ2v) is 7.49. The monoisotopic (exact) mass is 331 g/mol. The highest BCUT2D eigenvalue weighted by molar-refractivity contribution is 8.06. The molecule has 0 fully saturated rings. The highest BCUT2D eigenvalue weighted by atomic mass is 32.2. The predicted molar refractivity (Wildman–Crippen MR) is 95.7 cm³/mol.